The second-order valence-corrected chi connectivity index (χ2v) is 3.13. The average molecular weight is 204 g/mol. The Kier molecular flexibility index (Phi) is 2.99. The Morgan fingerprint density at radius 2 is 2.17 bits per heavy atom. The highest BCUT2D eigenvalue weighted by atomic mass is 35.5. The van der Waals surface area contributed by atoms with Crippen molar-refractivity contribution >= 4 is 29.1 Å². The van der Waals surface area contributed by atoms with Crippen molar-refractivity contribution < 1.29 is 4.79 Å². The molecule has 0 aliphatic rings. The highest BCUT2D eigenvalue weighted by Crippen LogP contribution is 2.14. The van der Waals surface area contributed by atoms with E-state index in [1.54, 1.807) is 6.26 Å². The summed E-state index contributed by atoms with van der Waals surface area (Å²) in [6, 6.07) is 0. The SMILES string of the molecule is CSc1nnc(C(C)=O)c(Cl)n1. The third kappa shape index (κ3) is 1.92. The Morgan fingerprint density at radius 3 is 2.58 bits per heavy atom. The fourth-order valence-corrected chi connectivity index (χ4v) is 1.20. The van der Waals surface area contributed by atoms with E-state index < -0.39 is 0 Å². The molecule has 1 aromatic rings. The lowest BCUT2D eigenvalue weighted by molar-refractivity contribution is 0.101. The van der Waals surface area contributed by atoms with E-state index in [9.17, 15) is 4.79 Å². The summed E-state index contributed by atoms with van der Waals surface area (Å²) in [5.74, 6) is -0.229. The van der Waals surface area contributed by atoms with Crippen LogP contribution in [0.2, 0.25) is 5.15 Å². The second-order valence-electron chi connectivity index (χ2n) is 1.99. The van der Waals surface area contributed by atoms with Crippen molar-refractivity contribution in [3.8, 4) is 0 Å². The Hall–Kier alpha value is -0.680. The number of hydrogen-bond donors (Lipinski definition) is 0. The molecule has 1 rings (SSSR count). The van der Waals surface area contributed by atoms with Gasteiger partial charge in [0.15, 0.2) is 16.6 Å². The minimum atomic E-state index is -0.229. The zero-order chi connectivity index (χ0) is 9.14. The molecular formula is C6H6ClN3OS. The minimum absolute atomic E-state index is 0.113. The first-order valence-corrected chi connectivity index (χ1v) is 4.70. The van der Waals surface area contributed by atoms with Gasteiger partial charge in [0, 0.05) is 6.92 Å². The van der Waals surface area contributed by atoms with Gasteiger partial charge in [0.05, 0.1) is 0 Å². The number of Topliss-reactive ketones (excluding diaryl/α,β-unsaturated/α-hetero) is 1. The van der Waals surface area contributed by atoms with Crippen LogP contribution in [0.4, 0.5) is 0 Å². The number of carbonyl (C=O) groups excluding carboxylic acids is 1. The van der Waals surface area contributed by atoms with Gasteiger partial charge in [-0.1, -0.05) is 23.4 Å². The molecule has 1 aromatic heterocycles. The van der Waals surface area contributed by atoms with Crippen LogP contribution in [0.25, 0.3) is 0 Å². The maximum Gasteiger partial charge on any atom is 0.210 e. The number of aromatic nitrogens is 3. The van der Waals surface area contributed by atoms with Gasteiger partial charge < -0.3 is 0 Å². The zero-order valence-electron chi connectivity index (χ0n) is 6.54. The van der Waals surface area contributed by atoms with Gasteiger partial charge in [0.2, 0.25) is 5.16 Å². The number of hydrogen-bond acceptors (Lipinski definition) is 5. The summed E-state index contributed by atoms with van der Waals surface area (Å²) >= 11 is 6.98. The first kappa shape index (κ1) is 9.41. The highest BCUT2D eigenvalue weighted by Gasteiger charge is 2.10. The van der Waals surface area contributed by atoms with Crippen LogP contribution >= 0.6 is 23.4 Å². The second kappa shape index (κ2) is 3.82. The monoisotopic (exact) mass is 203 g/mol. The summed E-state index contributed by atoms with van der Waals surface area (Å²) in [5.41, 5.74) is 0.120. The van der Waals surface area contributed by atoms with Crippen LogP contribution in [0.3, 0.4) is 0 Å². The van der Waals surface area contributed by atoms with Crippen molar-refractivity contribution in [2.75, 3.05) is 6.26 Å². The predicted octanol–water partition coefficient (Wildman–Crippen LogP) is 1.45. The number of rotatable bonds is 2. The van der Waals surface area contributed by atoms with Crippen LogP contribution in [-0.2, 0) is 0 Å². The number of ketones is 1. The molecule has 0 fully saturated rings. The average Bonchev–Trinajstić information content (AvgIpc) is 2.03. The Labute approximate surface area is 78.7 Å². The molecule has 0 atom stereocenters. The van der Waals surface area contributed by atoms with Crippen molar-refractivity contribution in [3.05, 3.63) is 10.8 Å². The normalized spacial score (nSPS) is 9.92. The molecule has 0 saturated heterocycles. The van der Waals surface area contributed by atoms with Gasteiger partial charge in [0.25, 0.3) is 0 Å². The molecule has 12 heavy (non-hydrogen) atoms. The van der Waals surface area contributed by atoms with E-state index in [0.29, 0.717) is 5.16 Å². The molecule has 0 aliphatic heterocycles. The number of thioether (sulfide) groups is 1. The smallest absolute Gasteiger partial charge is 0.210 e. The summed E-state index contributed by atoms with van der Waals surface area (Å²) in [7, 11) is 0. The van der Waals surface area contributed by atoms with Gasteiger partial charge in [-0.05, 0) is 6.26 Å². The van der Waals surface area contributed by atoms with Crippen LogP contribution < -0.4 is 0 Å². The Morgan fingerprint density at radius 1 is 1.50 bits per heavy atom. The van der Waals surface area contributed by atoms with Gasteiger partial charge in [0.1, 0.15) is 0 Å². The van der Waals surface area contributed by atoms with Crippen LogP contribution in [-0.4, -0.2) is 27.2 Å². The van der Waals surface area contributed by atoms with E-state index in [-0.39, 0.29) is 16.6 Å². The van der Waals surface area contributed by atoms with Gasteiger partial charge in [-0.2, -0.15) is 0 Å². The summed E-state index contributed by atoms with van der Waals surface area (Å²) < 4.78 is 0. The first-order chi connectivity index (χ1) is 5.65. The fourth-order valence-electron chi connectivity index (χ4n) is 0.595. The van der Waals surface area contributed by atoms with E-state index in [2.05, 4.69) is 15.2 Å². The highest BCUT2D eigenvalue weighted by molar-refractivity contribution is 7.98. The zero-order valence-corrected chi connectivity index (χ0v) is 8.11. The van der Waals surface area contributed by atoms with Crippen LogP contribution in [0.1, 0.15) is 17.4 Å². The molecule has 4 nitrogen and oxygen atoms in total. The maximum atomic E-state index is 10.8. The molecule has 1 heterocycles. The summed E-state index contributed by atoms with van der Waals surface area (Å²) in [6.45, 7) is 1.37. The van der Waals surface area contributed by atoms with Gasteiger partial charge in [-0.15, -0.1) is 10.2 Å². The molecule has 0 aliphatic carbocycles. The number of nitrogens with zero attached hydrogens (tertiary/aromatic N) is 3. The van der Waals surface area contributed by atoms with Gasteiger partial charge in [-0.25, -0.2) is 4.98 Å². The molecule has 0 radical (unpaired) electrons. The molecular weight excluding hydrogens is 198 g/mol. The molecule has 0 aromatic carbocycles. The van der Waals surface area contributed by atoms with E-state index in [1.165, 1.54) is 18.7 Å². The van der Waals surface area contributed by atoms with Crippen molar-refractivity contribution in [1.82, 2.24) is 15.2 Å². The third-order valence-electron chi connectivity index (χ3n) is 1.14. The minimum Gasteiger partial charge on any atom is -0.293 e. The fraction of sp³-hybridized carbons (Fsp3) is 0.333. The quantitative estimate of drug-likeness (QED) is 0.538. The first-order valence-electron chi connectivity index (χ1n) is 3.10. The van der Waals surface area contributed by atoms with Crippen LogP contribution in [0.15, 0.2) is 5.16 Å². The Balaban J connectivity index is 3.12. The predicted molar refractivity (Wildman–Crippen MR) is 46.6 cm³/mol. The lowest BCUT2D eigenvalue weighted by atomic mass is 10.3. The lowest BCUT2D eigenvalue weighted by Crippen LogP contribution is -2.03. The van der Waals surface area contributed by atoms with Crippen molar-refractivity contribution in [2.24, 2.45) is 0 Å². The molecule has 0 unspecified atom stereocenters. The molecule has 6 heteroatoms. The van der Waals surface area contributed by atoms with Crippen LogP contribution in [0, 0.1) is 0 Å². The van der Waals surface area contributed by atoms with E-state index in [0.717, 1.165) is 0 Å². The van der Waals surface area contributed by atoms with Gasteiger partial charge >= 0.3 is 0 Å². The number of carbonyl (C=O) groups is 1. The van der Waals surface area contributed by atoms with E-state index >= 15 is 0 Å². The molecule has 64 valence electrons. The number of halogens is 1. The van der Waals surface area contributed by atoms with Gasteiger partial charge in [-0.3, -0.25) is 4.79 Å². The standard InChI is InChI=1S/C6H6ClN3OS/c1-3(11)4-5(7)8-6(12-2)10-9-4/h1-2H3. The lowest BCUT2D eigenvalue weighted by Gasteiger charge is -1.97. The molecule has 0 spiro atoms. The van der Waals surface area contributed by atoms with Crippen molar-refractivity contribution in [1.29, 1.82) is 0 Å². The van der Waals surface area contributed by atoms with E-state index in [1.807, 2.05) is 0 Å². The Bertz CT molecular complexity index is 318. The molecule has 0 saturated carbocycles. The van der Waals surface area contributed by atoms with Crippen molar-refractivity contribution in [3.63, 3.8) is 0 Å². The largest absolute Gasteiger partial charge is 0.293 e. The third-order valence-corrected chi connectivity index (χ3v) is 1.94. The summed E-state index contributed by atoms with van der Waals surface area (Å²) in [5, 5.41) is 7.89. The van der Waals surface area contributed by atoms with Crippen LogP contribution in [0.5, 0.6) is 0 Å². The summed E-state index contributed by atoms with van der Waals surface area (Å²) in [6.07, 6.45) is 1.81. The maximum absolute atomic E-state index is 10.8. The summed E-state index contributed by atoms with van der Waals surface area (Å²) in [4.78, 5) is 14.7. The van der Waals surface area contributed by atoms with E-state index in [4.69, 9.17) is 11.6 Å². The molecule has 0 bridgehead atoms. The molecule has 0 amide bonds. The topological polar surface area (TPSA) is 55.7 Å². The molecule has 0 N–H and O–H groups in total. The van der Waals surface area contributed by atoms with Crippen molar-refractivity contribution in [2.45, 2.75) is 12.1 Å².